The molecular weight excluding hydrogens is 660 g/mol. The van der Waals surface area contributed by atoms with E-state index in [4.69, 9.17) is 11.2 Å². The second kappa shape index (κ2) is 13.0. The number of ether oxygens (including phenoxy) is 1. The van der Waals surface area contributed by atoms with Gasteiger partial charge >= 0.3 is 0 Å². The van der Waals surface area contributed by atoms with Gasteiger partial charge in [0.05, 0.1) is 0 Å². The van der Waals surface area contributed by atoms with E-state index in [1.807, 2.05) is 0 Å². The van der Waals surface area contributed by atoms with Gasteiger partial charge in [-0.2, -0.15) is 0 Å². The third-order valence-corrected chi connectivity index (χ3v) is 7.60. The molecule has 0 saturated heterocycles. The Morgan fingerprint density at radius 1 is 0.531 bits per heavy atom. The van der Waals surface area contributed by atoms with Crippen LogP contribution < -0.4 is 4.74 Å². The van der Waals surface area contributed by atoms with Crippen LogP contribution in [0.15, 0.2) is 54.6 Å². The maximum absolute atomic E-state index is 5.83. The Morgan fingerprint density at radius 3 is 1.19 bits per heavy atom. The van der Waals surface area contributed by atoms with Gasteiger partial charge in [0.1, 0.15) is 12.4 Å². The molecule has 1 nitrogen and oxygen atoms in total. The highest BCUT2D eigenvalue weighted by molar-refractivity contribution is 9.09. The predicted molar refractivity (Wildman–Crippen MR) is 150 cm³/mol. The van der Waals surface area contributed by atoms with E-state index in [2.05, 4.69) is 124 Å². The van der Waals surface area contributed by atoms with Gasteiger partial charge in [0.25, 0.3) is 0 Å². The zero-order chi connectivity index (χ0) is 22.9. The van der Waals surface area contributed by atoms with Gasteiger partial charge in [-0.05, 0) is 69.5 Å². The van der Waals surface area contributed by atoms with E-state index < -0.39 is 0 Å². The maximum atomic E-state index is 5.83. The molecule has 3 aromatic carbocycles. The summed E-state index contributed by atoms with van der Waals surface area (Å²) in [6, 6.07) is 20.0. The van der Waals surface area contributed by atoms with Crippen molar-refractivity contribution in [2.45, 2.75) is 34.2 Å². The first kappa shape index (κ1) is 25.6. The smallest absolute Gasteiger partial charge is 0.148 e. The molecule has 32 heavy (non-hydrogen) atoms. The normalized spacial score (nSPS) is 10.7. The SMILES string of the molecule is C#CCOc1cc(Cc2cc(CBr)cc(CBr)c2)cc(Cc2cc(CBr)cc(CBr)c2)c1. The van der Waals surface area contributed by atoms with Gasteiger partial charge in [-0.1, -0.05) is 112 Å². The lowest BCUT2D eigenvalue weighted by Gasteiger charge is -2.13. The number of alkyl halides is 4. The maximum Gasteiger partial charge on any atom is 0.148 e. The molecule has 166 valence electrons. The highest BCUT2D eigenvalue weighted by atomic mass is 79.9. The summed E-state index contributed by atoms with van der Waals surface area (Å²) in [5.74, 6) is 3.40. The minimum absolute atomic E-state index is 0.266. The van der Waals surface area contributed by atoms with Crippen molar-refractivity contribution in [2.24, 2.45) is 0 Å². The number of terminal acetylenes is 1. The summed E-state index contributed by atoms with van der Waals surface area (Å²) >= 11 is 14.4. The molecular formula is C27H24Br4O. The van der Waals surface area contributed by atoms with Gasteiger partial charge in [0.15, 0.2) is 0 Å². The Kier molecular flexibility index (Phi) is 10.4. The number of benzene rings is 3. The zero-order valence-electron chi connectivity index (χ0n) is 17.6. The molecule has 0 bridgehead atoms. The molecule has 0 aliphatic heterocycles. The molecule has 0 aliphatic rings. The van der Waals surface area contributed by atoms with Gasteiger partial charge in [-0.15, -0.1) is 6.42 Å². The summed E-state index contributed by atoms with van der Waals surface area (Å²) in [5, 5.41) is 3.38. The van der Waals surface area contributed by atoms with Crippen LogP contribution in [0.25, 0.3) is 0 Å². The molecule has 0 radical (unpaired) electrons. The molecule has 0 unspecified atom stereocenters. The molecule has 0 fully saturated rings. The Balaban J connectivity index is 1.94. The second-order valence-electron chi connectivity index (χ2n) is 7.68. The van der Waals surface area contributed by atoms with Crippen LogP contribution in [0.3, 0.4) is 0 Å². The lowest BCUT2D eigenvalue weighted by molar-refractivity contribution is 0.369. The fourth-order valence-electron chi connectivity index (χ4n) is 3.80. The van der Waals surface area contributed by atoms with E-state index in [0.717, 1.165) is 39.9 Å². The number of hydrogen-bond donors (Lipinski definition) is 0. The summed E-state index contributed by atoms with van der Waals surface area (Å²) in [4.78, 5) is 0. The van der Waals surface area contributed by atoms with E-state index in [0.29, 0.717) is 0 Å². The highest BCUT2D eigenvalue weighted by Crippen LogP contribution is 2.25. The minimum Gasteiger partial charge on any atom is -0.481 e. The average molecular weight is 684 g/mol. The van der Waals surface area contributed by atoms with Gasteiger partial charge in [-0.25, -0.2) is 0 Å². The fourth-order valence-corrected chi connectivity index (χ4v) is 5.10. The largest absolute Gasteiger partial charge is 0.481 e. The van der Waals surface area contributed by atoms with Crippen LogP contribution in [0.5, 0.6) is 5.75 Å². The summed E-state index contributed by atoms with van der Waals surface area (Å²) in [6.45, 7) is 0.266. The summed E-state index contributed by atoms with van der Waals surface area (Å²) in [5.41, 5.74) is 10.2. The van der Waals surface area contributed by atoms with Crippen LogP contribution in [0.4, 0.5) is 0 Å². The van der Waals surface area contributed by atoms with E-state index in [9.17, 15) is 0 Å². The first-order chi connectivity index (χ1) is 15.6. The quantitative estimate of drug-likeness (QED) is 0.154. The van der Waals surface area contributed by atoms with Crippen molar-refractivity contribution < 1.29 is 4.74 Å². The summed E-state index contributed by atoms with van der Waals surface area (Å²) < 4.78 is 5.83. The topological polar surface area (TPSA) is 9.23 Å². The Morgan fingerprint density at radius 2 is 0.844 bits per heavy atom. The number of rotatable bonds is 10. The standard InChI is InChI=1S/C27H24Br4O/c1-2-3-32-27-13-21(4-19-7-23(15-28)11-24(8-19)16-29)6-22(14-27)5-20-9-25(17-30)12-26(10-20)18-31/h1,6-14H,3-5,15-18H2. The van der Waals surface area contributed by atoms with Crippen LogP contribution in [0.1, 0.15) is 44.5 Å². The summed E-state index contributed by atoms with van der Waals surface area (Å²) in [6.07, 6.45) is 7.12. The predicted octanol–water partition coefficient (Wildman–Crippen LogP) is 8.46. The number of hydrogen-bond acceptors (Lipinski definition) is 1. The van der Waals surface area contributed by atoms with Crippen LogP contribution in [0, 0.1) is 12.3 Å². The third kappa shape index (κ3) is 7.48. The molecule has 0 spiro atoms. The Hall–Kier alpha value is -1.06. The van der Waals surface area contributed by atoms with Gasteiger partial charge in [-0.3, -0.25) is 0 Å². The van der Waals surface area contributed by atoms with E-state index in [-0.39, 0.29) is 6.61 Å². The molecule has 0 heterocycles. The van der Waals surface area contributed by atoms with Crippen LogP contribution in [-0.4, -0.2) is 6.61 Å². The van der Waals surface area contributed by atoms with Crippen molar-refractivity contribution in [3.05, 3.63) is 99.1 Å². The average Bonchev–Trinajstić information content (AvgIpc) is 2.81. The van der Waals surface area contributed by atoms with Crippen molar-refractivity contribution in [2.75, 3.05) is 6.61 Å². The van der Waals surface area contributed by atoms with Gasteiger partial charge in [0, 0.05) is 21.3 Å². The van der Waals surface area contributed by atoms with Crippen molar-refractivity contribution in [3.63, 3.8) is 0 Å². The molecule has 3 rings (SSSR count). The Bertz CT molecular complexity index is 981. The third-order valence-electron chi connectivity index (χ3n) is 5.01. The fraction of sp³-hybridized carbons (Fsp3) is 0.259. The number of halogens is 4. The monoisotopic (exact) mass is 680 g/mol. The van der Waals surface area contributed by atoms with E-state index in [1.54, 1.807) is 0 Å². The zero-order valence-corrected chi connectivity index (χ0v) is 24.0. The van der Waals surface area contributed by atoms with E-state index >= 15 is 0 Å². The van der Waals surface area contributed by atoms with Crippen molar-refractivity contribution in [1.82, 2.24) is 0 Å². The lowest BCUT2D eigenvalue weighted by Crippen LogP contribution is -2.00. The van der Waals surface area contributed by atoms with Gasteiger partial charge < -0.3 is 4.74 Å². The Labute approximate surface area is 224 Å². The van der Waals surface area contributed by atoms with Crippen LogP contribution in [0.2, 0.25) is 0 Å². The molecule has 3 aromatic rings. The van der Waals surface area contributed by atoms with Crippen molar-refractivity contribution in [3.8, 4) is 18.1 Å². The molecule has 0 N–H and O–H groups in total. The minimum atomic E-state index is 0.266. The van der Waals surface area contributed by atoms with Gasteiger partial charge in [0.2, 0.25) is 0 Å². The molecule has 0 amide bonds. The van der Waals surface area contributed by atoms with Crippen molar-refractivity contribution in [1.29, 1.82) is 0 Å². The van der Waals surface area contributed by atoms with Crippen LogP contribution in [-0.2, 0) is 34.2 Å². The molecule has 0 saturated carbocycles. The lowest BCUT2D eigenvalue weighted by atomic mass is 9.96. The molecule has 0 aliphatic carbocycles. The first-order valence-corrected chi connectivity index (χ1v) is 14.7. The highest BCUT2D eigenvalue weighted by Gasteiger charge is 2.08. The molecule has 5 heteroatoms. The molecule has 0 atom stereocenters. The molecule has 0 aromatic heterocycles. The van der Waals surface area contributed by atoms with Crippen molar-refractivity contribution >= 4 is 63.7 Å². The first-order valence-electron chi connectivity index (χ1n) is 10.2. The van der Waals surface area contributed by atoms with Crippen LogP contribution >= 0.6 is 63.7 Å². The van der Waals surface area contributed by atoms with E-state index in [1.165, 1.54) is 44.5 Å². The summed E-state index contributed by atoms with van der Waals surface area (Å²) in [7, 11) is 0. The second-order valence-corrected chi connectivity index (χ2v) is 9.92.